The summed E-state index contributed by atoms with van der Waals surface area (Å²) < 4.78 is 4.71. The van der Waals surface area contributed by atoms with Crippen molar-refractivity contribution in [1.29, 1.82) is 0 Å². The van der Waals surface area contributed by atoms with Crippen molar-refractivity contribution >= 4 is 11.9 Å². The lowest BCUT2D eigenvalue weighted by atomic mass is 10.0. The first kappa shape index (κ1) is 12.4. The normalized spacial score (nSPS) is 23.6. The molecule has 0 aromatic carbocycles. The smallest absolute Gasteiger partial charge is 0.321 e. The molecule has 0 aromatic rings. The van der Waals surface area contributed by atoms with Crippen LogP contribution in [0, 0.1) is 5.41 Å². The minimum Gasteiger partial charge on any atom is -0.468 e. The van der Waals surface area contributed by atoms with Gasteiger partial charge in [-0.15, -0.1) is 0 Å². The Bertz CT molecular complexity index is 302. The number of carbonyl (C=O) groups is 2. The second-order valence-electron chi connectivity index (χ2n) is 5.24. The number of carbonyl (C=O) groups excluding carboxylic acids is 2. The number of nitrogens with one attached hydrogen (secondary N) is 1. The monoisotopic (exact) mass is 239 g/mol. The molecule has 2 aliphatic rings. The molecule has 4 heteroatoms. The Morgan fingerprint density at radius 3 is 2.18 bits per heavy atom. The standard InChI is InChI=1S/C13H21NO3/c1-17-12(16)13(8-9-13)11(15)14-10-6-4-2-3-5-7-10/h10H,2-9H2,1H3,(H,14,15). The minimum atomic E-state index is -0.846. The van der Waals surface area contributed by atoms with Gasteiger partial charge in [-0.2, -0.15) is 0 Å². The van der Waals surface area contributed by atoms with Gasteiger partial charge in [-0.05, 0) is 25.7 Å². The first-order valence-electron chi connectivity index (χ1n) is 6.58. The number of methoxy groups -OCH3 is 1. The largest absolute Gasteiger partial charge is 0.468 e. The van der Waals surface area contributed by atoms with Gasteiger partial charge in [0.1, 0.15) is 5.41 Å². The number of esters is 1. The molecule has 96 valence electrons. The van der Waals surface area contributed by atoms with Crippen molar-refractivity contribution in [3.05, 3.63) is 0 Å². The van der Waals surface area contributed by atoms with Crippen LogP contribution in [0.5, 0.6) is 0 Å². The van der Waals surface area contributed by atoms with E-state index in [1.54, 1.807) is 0 Å². The van der Waals surface area contributed by atoms with Crippen molar-refractivity contribution in [3.63, 3.8) is 0 Å². The molecule has 0 radical (unpaired) electrons. The van der Waals surface area contributed by atoms with E-state index in [0.29, 0.717) is 12.8 Å². The maximum absolute atomic E-state index is 12.1. The molecular weight excluding hydrogens is 218 g/mol. The van der Waals surface area contributed by atoms with E-state index in [1.165, 1.54) is 32.8 Å². The van der Waals surface area contributed by atoms with Crippen LogP contribution in [-0.4, -0.2) is 25.0 Å². The molecule has 2 fully saturated rings. The van der Waals surface area contributed by atoms with E-state index in [2.05, 4.69) is 5.32 Å². The summed E-state index contributed by atoms with van der Waals surface area (Å²) in [5, 5.41) is 3.04. The van der Waals surface area contributed by atoms with E-state index in [9.17, 15) is 9.59 Å². The van der Waals surface area contributed by atoms with Crippen molar-refractivity contribution in [1.82, 2.24) is 5.32 Å². The Labute approximate surface area is 102 Å². The summed E-state index contributed by atoms with van der Waals surface area (Å²) in [7, 11) is 1.35. The van der Waals surface area contributed by atoms with Crippen LogP contribution in [-0.2, 0) is 14.3 Å². The van der Waals surface area contributed by atoms with Gasteiger partial charge in [0.05, 0.1) is 7.11 Å². The average Bonchev–Trinajstić information content (AvgIpc) is 3.13. The third-order valence-corrected chi connectivity index (χ3v) is 3.95. The second kappa shape index (κ2) is 5.07. The highest BCUT2D eigenvalue weighted by molar-refractivity contribution is 6.05. The van der Waals surface area contributed by atoms with Crippen LogP contribution in [0.1, 0.15) is 51.4 Å². The molecule has 0 saturated heterocycles. The zero-order chi connectivity index (χ0) is 12.3. The van der Waals surface area contributed by atoms with Gasteiger partial charge in [0.2, 0.25) is 5.91 Å². The fraction of sp³-hybridized carbons (Fsp3) is 0.846. The van der Waals surface area contributed by atoms with Crippen molar-refractivity contribution in [2.75, 3.05) is 7.11 Å². The van der Waals surface area contributed by atoms with E-state index in [4.69, 9.17) is 4.74 Å². The van der Waals surface area contributed by atoms with E-state index >= 15 is 0 Å². The number of amides is 1. The first-order valence-corrected chi connectivity index (χ1v) is 6.58. The predicted molar refractivity (Wildman–Crippen MR) is 63.3 cm³/mol. The summed E-state index contributed by atoms with van der Waals surface area (Å²) in [6, 6.07) is 0.257. The zero-order valence-electron chi connectivity index (χ0n) is 10.5. The lowest BCUT2D eigenvalue weighted by Gasteiger charge is -2.19. The Morgan fingerprint density at radius 1 is 1.12 bits per heavy atom. The number of ether oxygens (including phenoxy) is 1. The molecule has 17 heavy (non-hydrogen) atoms. The molecule has 2 saturated carbocycles. The summed E-state index contributed by atoms with van der Waals surface area (Å²) >= 11 is 0. The van der Waals surface area contributed by atoms with Crippen molar-refractivity contribution in [3.8, 4) is 0 Å². The Hall–Kier alpha value is -1.06. The van der Waals surface area contributed by atoms with Crippen molar-refractivity contribution in [2.45, 2.75) is 57.4 Å². The fourth-order valence-electron chi connectivity index (χ4n) is 2.59. The quantitative estimate of drug-likeness (QED) is 0.464. The van der Waals surface area contributed by atoms with E-state index in [0.717, 1.165) is 12.8 Å². The van der Waals surface area contributed by atoms with Gasteiger partial charge in [0.15, 0.2) is 0 Å². The van der Waals surface area contributed by atoms with Gasteiger partial charge >= 0.3 is 5.97 Å². The molecule has 4 nitrogen and oxygen atoms in total. The Balaban J connectivity index is 1.90. The maximum Gasteiger partial charge on any atom is 0.321 e. The molecule has 2 aliphatic carbocycles. The van der Waals surface area contributed by atoms with Crippen LogP contribution in [0.2, 0.25) is 0 Å². The van der Waals surface area contributed by atoms with Crippen LogP contribution in [0.15, 0.2) is 0 Å². The fourth-order valence-corrected chi connectivity index (χ4v) is 2.59. The molecule has 2 rings (SSSR count). The summed E-state index contributed by atoms with van der Waals surface area (Å²) in [6.45, 7) is 0. The molecule has 0 bridgehead atoms. The average molecular weight is 239 g/mol. The molecule has 1 N–H and O–H groups in total. The zero-order valence-corrected chi connectivity index (χ0v) is 10.5. The molecule has 0 heterocycles. The Morgan fingerprint density at radius 2 is 1.71 bits per heavy atom. The molecule has 1 amide bonds. The molecule has 0 aromatic heterocycles. The van der Waals surface area contributed by atoms with Crippen LogP contribution < -0.4 is 5.32 Å². The molecular formula is C13H21NO3. The van der Waals surface area contributed by atoms with Crippen LogP contribution in [0.3, 0.4) is 0 Å². The highest BCUT2D eigenvalue weighted by Gasteiger charge is 2.58. The van der Waals surface area contributed by atoms with Crippen molar-refractivity contribution < 1.29 is 14.3 Å². The highest BCUT2D eigenvalue weighted by Crippen LogP contribution is 2.47. The summed E-state index contributed by atoms with van der Waals surface area (Å²) in [4.78, 5) is 23.7. The van der Waals surface area contributed by atoms with Gasteiger partial charge in [0, 0.05) is 6.04 Å². The number of rotatable bonds is 3. The topological polar surface area (TPSA) is 55.4 Å². The third kappa shape index (κ3) is 2.61. The van der Waals surface area contributed by atoms with Crippen LogP contribution in [0.4, 0.5) is 0 Å². The van der Waals surface area contributed by atoms with Gasteiger partial charge in [-0.25, -0.2) is 0 Å². The van der Waals surface area contributed by atoms with E-state index in [-0.39, 0.29) is 17.9 Å². The molecule has 0 aliphatic heterocycles. The van der Waals surface area contributed by atoms with Gasteiger partial charge in [-0.1, -0.05) is 25.7 Å². The van der Waals surface area contributed by atoms with Gasteiger partial charge < -0.3 is 10.1 Å². The lowest BCUT2D eigenvalue weighted by molar-refractivity contribution is -0.152. The number of hydrogen-bond acceptors (Lipinski definition) is 3. The Kier molecular flexibility index (Phi) is 3.69. The lowest BCUT2D eigenvalue weighted by Crippen LogP contribution is -2.43. The van der Waals surface area contributed by atoms with E-state index < -0.39 is 5.41 Å². The summed E-state index contributed by atoms with van der Waals surface area (Å²) in [5.41, 5.74) is -0.846. The van der Waals surface area contributed by atoms with Gasteiger partial charge in [0.25, 0.3) is 0 Å². The second-order valence-corrected chi connectivity index (χ2v) is 5.24. The third-order valence-electron chi connectivity index (χ3n) is 3.95. The van der Waals surface area contributed by atoms with Crippen LogP contribution in [0.25, 0.3) is 0 Å². The molecule has 0 spiro atoms. The highest BCUT2D eigenvalue weighted by atomic mass is 16.5. The molecule has 0 unspecified atom stereocenters. The maximum atomic E-state index is 12.1. The van der Waals surface area contributed by atoms with Crippen LogP contribution >= 0.6 is 0 Å². The predicted octanol–water partition coefficient (Wildman–Crippen LogP) is 1.78. The van der Waals surface area contributed by atoms with Gasteiger partial charge in [-0.3, -0.25) is 9.59 Å². The minimum absolute atomic E-state index is 0.115. The SMILES string of the molecule is COC(=O)C1(C(=O)NC2CCCCCC2)CC1. The first-order chi connectivity index (χ1) is 8.19. The molecule has 0 atom stereocenters. The summed E-state index contributed by atoms with van der Waals surface area (Å²) in [6.07, 6.45) is 8.23. The van der Waals surface area contributed by atoms with Crippen molar-refractivity contribution in [2.24, 2.45) is 5.41 Å². The summed E-state index contributed by atoms with van der Waals surface area (Å²) in [5.74, 6) is -0.486. The number of hydrogen-bond donors (Lipinski definition) is 1. The van der Waals surface area contributed by atoms with E-state index in [1.807, 2.05) is 0 Å².